The van der Waals surface area contributed by atoms with Crippen LogP contribution < -0.4 is 5.32 Å². The summed E-state index contributed by atoms with van der Waals surface area (Å²) in [5, 5.41) is 33.4. The van der Waals surface area contributed by atoms with Gasteiger partial charge in [-0.05, 0) is 37.5 Å². The van der Waals surface area contributed by atoms with Gasteiger partial charge in [0.1, 0.15) is 17.0 Å². The number of hydrogen-bond donors (Lipinski definition) is 3. The Kier molecular flexibility index (Phi) is 4.69. The molecule has 1 unspecified atom stereocenters. The number of hydrogen-bond acceptors (Lipinski definition) is 7. The van der Waals surface area contributed by atoms with Gasteiger partial charge in [0.05, 0.1) is 25.4 Å². The normalized spacial score (nSPS) is 28.6. The van der Waals surface area contributed by atoms with Gasteiger partial charge in [0, 0.05) is 29.7 Å². The summed E-state index contributed by atoms with van der Waals surface area (Å²) in [5.41, 5.74) is 3.66. The third kappa shape index (κ3) is 3.17. The number of nitrogens with zero attached hydrogens (tertiary/aromatic N) is 2. The first-order chi connectivity index (χ1) is 14.1. The molecular formula is C22H27N3O4. The van der Waals surface area contributed by atoms with E-state index in [4.69, 9.17) is 9.47 Å². The molecule has 154 valence electrons. The number of ether oxygens (including phenoxy) is 2. The number of anilines is 1. The van der Waals surface area contributed by atoms with Crippen LogP contribution in [0.25, 0.3) is 11.3 Å². The van der Waals surface area contributed by atoms with E-state index in [1.807, 2.05) is 19.1 Å². The molecule has 29 heavy (non-hydrogen) atoms. The molecule has 1 spiro atoms. The highest BCUT2D eigenvalue weighted by Gasteiger charge is 2.48. The number of fused-ring (bicyclic) bond motifs is 2. The van der Waals surface area contributed by atoms with E-state index in [0.29, 0.717) is 36.9 Å². The van der Waals surface area contributed by atoms with E-state index < -0.39 is 5.60 Å². The van der Waals surface area contributed by atoms with Crippen LogP contribution in [0.15, 0.2) is 18.2 Å². The van der Waals surface area contributed by atoms with Crippen molar-refractivity contribution >= 4 is 5.82 Å². The number of aryl methyl sites for hydroxylation is 1. The van der Waals surface area contributed by atoms with Crippen LogP contribution >= 0.6 is 0 Å². The Bertz CT molecular complexity index is 927. The quantitative estimate of drug-likeness (QED) is 0.732. The fraction of sp³-hybridized carbons (Fsp3) is 0.545. The topological polar surface area (TPSA) is 96.7 Å². The molecule has 2 fully saturated rings. The van der Waals surface area contributed by atoms with Crippen molar-refractivity contribution in [3.05, 3.63) is 34.9 Å². The van der Waals surface area contributed by atoms with Crippen molar-refractivity contribution in [1.82, 2.24) is 10.2 Å². The van der Waals surface area contributed by atoms with Crippen molar-refractivity contribution in [2.75, 3.05) is 18.5 Å². The molecule has 0 amide bonds. The van der Waals surface area contributed by atoms with Gasteiger partial charge in [-0.2, -0.15) is 0 Å². The Hall–Kier alpha value is -2.22. The van der Waals surface area contributed by atoms with Gasteiger partial charge in [-0.1, -0.05) is 18.9 Å². The zero-order valence-corrected chi connectivity index (χ0v) is 16.6. The molecule has 3 N–H and O–H groups in total. The molecular weight excluding hydrogens is 370 g/mol. The average Bonchev–Trinajstić information content (AvgIpc) is 3.33. The summed E-state index contributed by atoms with van der Waals surface area (Å²) in [7, 11) is 0. The van der Waals surface area contributed by atoms with Gasteiger partial charge >= 0.3 is 0 Å². The molecule has 0 bridgehead atoms. The molecule has 2 aliphatic heterocycles. The highest BCUT2D eigenvalue weighted by atomic mass is 16.6. The average molecular weight is 397 g/mol. The minimum absolute atomic E-state index is 0.0410. The lowest BCUT2D eigenvalue weighted by Gasteiger charge is -2.31. The van der Waals surface area contributed by atoms with E-state index in [0.717, 1.165) is 48.8 Å². The first kappa shape index (κ1) is 18.8. The second-order valence-electron chi connectivity index (χ2n) is 8.46. The molecule has 1 saturated carbocycles. The molecule has 1 aliphatic carbocycles. The zero-order chi connectivity index (χ0) is 20.0. The van der Waals surface area contributed by atoms with Gasteiger partial charge in [0.2, 0.25) is 0 Å². The smallest absolute Gasteiger partial charge is 0.155 e. The minimum atomic E-state index is -0.539. The highest BCUT2D eigenvalue weighted by Crippen LogP contribution is 2.48. The highest BCUT2D eigenvalue weighted by molar-refractivity contribution is 5.74. The maximum Gasteiger partial charge on any atom is 0.155 e. The number of aromatic hydroxyl groups is 1. The molecule has 3 atom stereocenters. The first-order valence-corrected chi connectivity index (χ1v) is 10.4. The van der Waals surface area contributed by atoms with Crippen LogP contribution in [0.2, 0.25) is 0 Å². The number of phenolic OH excluding ortho intramolecular Hbond substituents is 1. The lowest BCUT2D eigenvalue weighted by Crippen LogP contribution is -2.38. The summed E-state index contributed by atoms with van der Waals surface area (Å²) in [6.07, 6.45) is 4.21. The maximum atomic E-state index is 10.5. The molecule has 7 nitrogen and oxygen atoms in total. The number of aliphatic hydroxyl groups is 1. The summed E-state index contributed by atoms with van der Waals surface area (Å²) in [5.74, 6) is 0.859. The number of aliphatic hydroxyl groups excluding tert-OH is 1. The van der Waals surface area contributed by atoms with Gasteiger partial charge in [0.15, 0.2) is 5.82 Å². The molecule has 1 saturated heterocycles. The summed E-state index contributed by atoms with van der Waals surface area (Å²) in [4.78, 5) is 0. The van der Waals surface area contributed by atoms with Crippen LogP contribution in [-0.4, -0.2) is 45.8 Å². The van der Waals surface area contributed by atoms with E-state index in [-0.39, 0.29) is 17.9 Å². The molecule has 3 aliphatic rings. The molecule has 1 aromatic heterocycles. The molecule has 3 heterocycles. The fourth-order valence-corrected chi connectivity index (χ4v) is 4.86. The third-order valence-corrected chi connectivity index (χ3v) is 6.47. The van der Waals surface area contributed by atoms with Crippen LogP contribution in [-0.2, 0) is 21.7 Å². The number of phenols is 1. The SMILES string of the molecule is Cc1ccc(-c2nnc(N[C@@H]3CCCC[C@H]3O)c3c2COC32CCOC2)c(O)c1. The number of nitrogens with one attached hydrogen (secondary N) is 1. The van der Waals surface area contributed by atoms with Crippen molar-refractivity contribution < 1.29 is 19.7 Å². The van der Waals surface area contributed by atoms with Crippen molar-refractivity contribution in [1.29, 1.82) is 0 Å². The van der Waals surface area contributed by atoms with E-state index in [2.05, 4.69) is 15.5 Å². The van der Waals surface area contributed by atoms with Crippen LogP contribution in [0, 0.1) is 6.92 Å². The van der Waals surface area contributed by atoms with E-state index in [1.54, 1.807) is 6.07 Å². The summed E-state index contributed by atoms with van der Waals surface area (Å²) in [6.45, 7) is 3.46. The monoisotopic (exact) mass is 397 g/mol. The molecule has 1 aromatic carbocycles. The zero-order valence-electron chi connectivity index (χ0n) is 16.6. The van der Waals surface area contributed by atoms with Gasteiger partial charge in [-0.15, -0.1) is 10.2 Å². The Morgan fingerprint density at radius 2 is 2.07 bits per heavy atom. The molecule has 5 rings (SSSR count). The van der Waals surface area contributed by atoms with Crippen LogP contribution in [0.1, 0.15) is 48.8 Å². The van der Waals surface area contributed by atoms with Gasteiger partial charge in [-0.3, -0.25) is 0 Å². The van der Waals surface area contributed by atoms with Gasteiger partial charge in [0.25, 0.3) is 0 Å². The lowest BCUT2D eigenvalue weighted by molar-refractivity contribution is -0.0418. The summed E-state index contributed by atoms with van der Waals surface area (Å²) < 4.78 is 12.0. The molecule has 2 aromatic rings. The second-order valence-corrected chi connectivity index (χ2v) is 8.46. The van der Waals surface area contributed by atoms with E-state index >= 15 is 0 Å². The number of benzene rings is 1. The maximum absolute atomic E-state index is 10.5. The Labute approximate surface area is 170 Å². The minimum Gasteiger partial charge on any atom is -0.507 e. The largest absolute Gasteiger partial charge is 0.507 e. The molecule has 0 radical (unpaired) electrons. The number of rotatable bonds is 3. The van der Waals surface area contributed by atoms with Crippen molar-refractivity contribution in [2.45, 2.75) is 63.4 Å². The van der Waals surface area contributed by atoms with Crippen molar-refractivity contribution in [3.8, 4) is 17.0 Å². The van der Waals surface area contributed by atoms with E-state index in [9.17, 15) is 10.2 Å². The predicted molar refractivity (Wildman–Crippen MR) is 108 cm³/mol. The third-order valence-electron chi connectivity index (χ3n) is 6.47. The van der Waals surface area contributed by atoms with Crippen molar-refractivity contribution in [2.24, 2.45) is 0 Å². The number of aromatic nitrogens is 2. The van der Waals surface area contributed by atoms with Crippen molar-refractivity contribution in [3.63, 3.8) is 0 Å². The summed E-state index contributed by atoms with van der Waals surface area (Å²) in [6, 6.07) is 5.53. The Morgan fingerprint density at radius 1 is 1.21 bits per heavy atom. The van der Waals surface area contributed by atoms with Gasteiger partial charge in [-0.25, -0.2) is 0 Å². The Balaban J connectivity index is 1.61. The predicted octanol–water partition coefficient (Wildman–Crippen LogP) is 3.02. The lowest BCUT2D eigenvalue weighted by atomic mass is 9.88. The fourth-order valence-electron chi connectivity index (χ4n) is 4.86. The second kappa shape index (κ2) is 7.23. The van der Waals surface area contributed by atoms with E-state index in [1.165, 1.54) is 0 Å². The van der Waals surface area contributed by atoms with Crippen LogP contribution in [0.5, 0.6) is 5.75 Å². The van der Waals surface area contributed by atoms with Crippen LogP contribution in [0.4, 0.5) is 5.82 Å². The van der Waals surface area contributed by atoms with Crippen LogP contribution in [0.3, 0.4) is 0 Å². The molecule has 7 heteroatoms. The first-order valence-electron chi connectivity index (χ1n) is 10.4. The van der Waals surface area contributed by atoms with Gasteiger partial charge < -0.3 is 25.0 Å². The summed E-state index contributed by atoms with van der Waals surface area (Å²) >= 11 is 0. The standard InChI is InChI=1S/C22H27N3O4/c1-13-6-7-14(18(27)10-13)20-15-11-29-22(8-9-28-12-22)19(15)21(25-24-20)23-16-4-2-3-5-17(16)26/h6-7,10,16-17,26-27H,2-5,8-9,11-12H2,1H3,(H,23,25)/t16-,17-,22?/m1/s1. The Morgan fingerprint density at radius 3 is 2.83 bits per heavy atom.